The number of nitrogens with zero attached hydrogens (tertiary/aromatic N) is 2. The number of nitriles is 1. The summed E-state index contributed by atoms with van der Waals surface area (Å²) in [6.07, 6.45) is 0. The molecule has 0 fully saturated rings. The van der Waals surface area contributed by atoms with Gasteiger partial charge in [-0.2, -0.15) is 5.26 Å². The Kier molecular flexibility index (Phi) is 3.78. The van der Waals surface area contributed by atoms with Gasteiger partial charge in [-0.25, -0.2) is 4.79 Å². The Morgan fingerprint density at radius 2 is 2.25 bits per heavy atom. The van der Waals surface area contributed by atoms with Crippen molar-refractivity contribution in [3.8, 4) is 6.07 Å². The molecule has 0 bridgehead atoms. The Bertz CT molecular complexity index is 507. The lowest BCUT2D eigenvalue weighted by molar-refractivity contribution is -0.385. The predicted octanol–water partition coefficient (Wildman–Crippen LogP) is 1.86. The Hall–Kier alpha value is -1.69. The fraction of sp³-hybridized carbons (Fsp3) is 0.111. The van der Waals surface area contributed by atoms with Crippen molar-refractivity contribution in [1.82, 2.24) is 0 Å². The van der Waals surface area contributed by atoms with Gasteiger partial charge in [-0.05, 0) is 34.7 Å². The molecule has 0 amide bonds. The average molecular weight is 332 g/mol. The van der Waals surface area contributed by atoms with E-state index in [4.69, 9.17) is 5.26 Å². The van der Waals surface area contributed by atoms with Gasteiger partial charge in [0.05, 0.1) is 12.0 Å². The zero-order chi connectivity index (χ0) is 12.3. The summed E-state index contributed by atoms with van der Waals surface area (Å²) in [6.45, 7) is 0. The molecule has 0 aliphatic rings. The standard InChI is InChI=1S/C9H5IN2O4/c1-16-9(13)7-6(10)3-2-5(4-11)8(7)12(14)15/h2-3H,1H3. The molecule has 0 heterocycles. The summed E-state index contributed by atoms with van der Waals surface area (Å²) in [5.74, 6) is -0.826. The molecule has 1 aromatic rings. The molecular formula is C9H5IN2O4. The molecule has 0 saturated heterocycles. The second-order valence-electron chi connectivity index (χ2n) is 2.68. The van der Waals surface area contributed by atoms with Crippen LogP contribution in [-0.2, 0) is 4.74 Å². The first-order chi connectivity index (χ1) is 7.52. The highest BCUT2D eigenvalue weighted by Crippen LogP contribution is 2.28. The fourth-order valence-electron chi connectivity index (χ4n) is 1.14. The van der Waals surface area contributed by atoms with Crippen molar-refractivity contribution in [1.29, 1.82) is 5.26 Å². The molecule has 82 valence electrons. The number of methoxy groups -OCH3 is 1. The largest absolute Gasteiger partial charge is 0.465 e. The molecule has 16 heavy (non-hydrogen) atoms. The summed E-state index contributed by atoms with van der Waals surface area (Å²) in [4.78, 5) is 21.4. The molecule has 0 radical (unpaired) electrons. The summed E-state index contributed by atoms with van der Waals surface area (Å²) in [5, 5.41) is 19.5. The van der Waals surface area contributed by atoms with Gasteiger partial charge in [-0.1, -0.05) is 0 Å². The number of esters is 1. The first-order valence-electron chi connectivity index (χ1n) is 3.98. The summed E-state index contributed by atoms with van der Waals surface area (Å²) < 4.78 is 4.82. The highest BCUT2D eigenvalue weighted by atomic mass is 127. The maximum absolute atomic E-state index is 11.4. The number of carbonyl (C=O) groups is 1. The highest BCUT2D eigenvalue weighted by Gasteiger charge is 2.28. The third-order valence-corrected chi connectivity index (χ3v) is 2.72. The number of carbonyl (C=O) groups excluding carboxylic acids is 1. The van der Waals surface area contributed by atoms with Crippen LogP contribution in [0.15, 0.2) is 12.1 Å². The first-order valence-corrected chi connectivity index (χ1v) is 5.06. The first kappa shape index (κ1) is 12.4. The van der Waals surface area contributed by atoms with Crippen LogP contribution in [0.3, 0.4) is 0 Å². The molecule has 6 nitrogen and oxygen atoms in total. The lowest BCUT2D eigenvalue weighted by atomic mass is 10.1. The van der Waals surface area contributed by atoms with Crippen LogP contribution in [0.25, 0.3) is 0 Å². The van der Waals surface area contributed by atoms with Gasteiger partial charge in [0.2, 0.25) is 0 Å². The van der Waals surface area contributed by atoms with Gasteiger partial charge >= 0.3 is 11.7 Å². The highest BCUT2D eigenvalue weighted by molar-refractivity contribution is 14.1. The average Bonchev–Trinajstić information content (AvgIpc) is 2.27. The second kappa shape index (κ2) is 4.89. The monoisotopic (exact) mass is 332 g/mol. The Morgan fingerprint density at radius 3 is 2.69 bits per heavy atom. The van der Waals surface area contributed by atoms with Crippen LogP contribution in [0.2, 0.25) is 0 Å². The van der Waals surface area contributed by atoms with E-state index >= 15 is 0 Å². The lowest BCUT2D eigenvalue weighted by Crippen LogP contribution is -2.09. The minimum atomic E-state index is -0.826. The maximum atomic E-state index is 11.4. The number of nitro groups is 1. The van der Waals surface area contributed by atoms with Crippen LogP contribution in [-0.4, -0.2) is 18.0 Å². The molecule has 1 rings (SSSR count). The van der Waals surface area contributed by atoms with Crippen LogP contribution < -0.4 is 0 Å². The number of ether oxygens (including phenoxy) is 1. The van der Waals surface area contributed by atoms with Crippen molar-refractivity contribution < 1.29 is 14.5 Å². The number of benzene rings is 1. The van der Waals surface area contributed by atoms with E-state index in [1.54, 1.807) is 28.7 Å². The number of nitro benzene ring substituents is 1. The zero-order valence-electron chi connectivity index (χ0n) is 8.06. The van der Waals surface area contributed by atoms with E-state index < -0.39 is 16.6 Å². The smallest absolute Gasteiger partial charge is 0.346 e. The van der Waals surface area contributed by atoms with E-state index in [0.717, 1.165) is 7.11 Å². The topological polar surface area (TPSA) is 93.2 Å². The molecule has 0 N–H and O–H groups in total. The van der Waals surface area contributed by atoms with Gasteiger partial charge in [-0.3, -0.25) is 10.1 Å². The molecule has 0 aliphatic carbocycles. The van der Waals surface area contributed by atoms with Crippen molar-refractivity contribution >= 4 is 34.2 Å². The number of hydrogen-bond acceptors (Lipinski definition) is 5. The van der Waals surface area contributed by atoms with E-state index in [9.17, 15) is 14.9 Å². The second-order valence-corrected chi connectivity index (χ2v) is 3.84. The third kappa shape index (κ3) is 2.11. The normalized spacial score (nSPS) is 9.31. The number of halogens is 1. The molecule has 0 aromatic heterocycles. The van der Waals surface area contributed by atoms with Crippen LogP contribution in [0.4, 0.5) is 5.69 Å². The minimum Gasteiger partial charge on any atom is -0.465 e. The van der Waals surface area contributed by atoms with Crippen molar-refractivity contribution in [2.24, 2.45) is 0 Å². The molecule has 1 aromatic carbocycles. The van der Waals surface area contributed by atoms with Gasteiger partial charge in [0, 0.05) is 3.57 Å². The van der Waals surface area contributed by atoms with Gasteiger partial charge < -0.3 is 4.74 Å². The zero-order valence-corrected chi connectivity index (χ0v) is 10.2. The van der Waals surface area contributed by atoms with Crippen LogP contribution >= 0.6 is 22.6 Å². The predicted molar refractivity (Wildman–Crippen MR) is 61.9 cm³/mol. The van der Waals surface area contributed by atoms with Crippen LogP contribution in [0, 0.1) is 25.0 Å². The summed E-state index contributed by atoms with van der Waals surface area (Å²) in [7, 11) is 1.13. The molecular weight excluding hydrogens is 327 g/mol. The minimum absolute atomic E-state index is 0.161. The molecule has 0 atom stereocenters. The molecule has 7 heteroatoms. The Morgan fingerprint density at radius 1 is 1.62 bits per heavy atom. The molecule has 0 saturated carbocycles. The maximum Gasteiger partial charge on any atom is 0.346 e. The van der Waals surface area contributed by atoms with Crippen LogP contribution in [0.1, 0.15) is 15.9 Å². The van der Waals surface area contributed by atoms with Gasteiger partial charge in [0.25, 0.3) is 0 Å². The lowest BCUT2D eigenvalue weighted by Gasteiger charge is -2.04. The van der Waals surface area contributed by atoms with Crippen molar-refractivity contribution in [2.45, 2.75) is 0 Å². The Labute approximate surface area is 104 Å². The van der Waals surface area contributed by atoms with Crippen LogP contribution in [0.5, 0.6) is 0 Å². The van der Waals surface area contributed by atoms with Gasteiger partial charge in [0.1, 0.15) is 11.6 Å². The van der Waals surface area contributed by atoms with E-state index in [1.807, 2.05) is 0 Å². The van der Waals surface area contributed by atoms with E-state index in [0.29, 0.717) is 3.57 Å². The van der Waals surface area contributed by atoms with E-state index in [2.05, 4.69) is 4.74 Å². The number of rotatable bonds is 2. The summed E-state index contributed by atoms with van der Waals surface area (Å²) in [5.41, 5.74) is -0.862. The SMILES string of the molecule is COC(=O)c1c(I)ccc(C#N)c1[N+](=O)[O-]. The van der Waals surface area contributed by atoms with Crippen molar-refractivity contribution in [3.63, 3.8) is 0 Å². The summed E-state index contributed by atoms with van der Waals surface area (Å²) in [6, 6.07) is 4.43. The fourth-order valence-corrected chi connectivity index (χ4v) is 1.80. The van der Waals surface area contributed by atoms with E-state index in [1.165, 1.54) is 12.1 Å². The van der Waals surface area contributed by atoms with Crippen molar-refractivity contribution in [2.75, 3.05) is 7.11 Å². The third-order valence-electron chi connectivity index (χ3n) is 1.82. The molecule has 0 unspecified atom stereocenters. The Balaban J connectivity index is 3.62. The van der Waals surface area contributed by atoms with E-state index in [-0.39, 0.29) is 11.1 Å². The van der Waals surface area contributed by atoms with Crippen molar-refractivity contribution in [3.05, 3.63) is 36.9 Å². The summed E-state index contributed by atoms with van der Waals surface area (Å²) >= 11 is 1.78. The number of hydrogen-bond donors (Lipinski definition) is 0. The van der Waals surface area contributed by atoms with Gasteiger partial charge in [0.15, 0.2) is 5.56 Å². The molecule has 0 spiro atoms. The quantitative estimate of drug-likeness (QED) is 0.357. The molecule has 0 aliphatic heterocycles. The van der Waals surface area contributed by atoms with Gasteiger partial charge in [-0.15, -0.1) is 0 Å².